The minimum atomic E-state index is -3.42. The molecule has 5 rings (SSSR count). The molecule has 156 valence electrons. The van der Waals surface area contributed by atoms with E-state index in [0.717, 1.165) is 33.9 Å². The Balaban J connectivity index is 1.82. The van der Waals surface area contributed by atoms with Crippen molar-refractivity contribution in [3.8, 4) is 0 Å². The highest BCUT2D eigenvalue weighted by Crippen LogP contribution is 2.55. The quantitative estimate of drug-likeness (QED) is 0.634. The Labute approximate surface area is 181 Å². The third-order valence-corrected chi connectivity index (χ3v) is 9.15. The van der Waals surface area contributed by atoms with E-state index in [1.165, 1.54) is 11.3 Å². The van der Waals surface area contributed by atoms with E-state index in [2.05, 4.69) is 18.7 Å². The van der Waals surface area contributed by atoms with Crippen molar-refractivity contribution in [3.63, 3.8) is 0 Å². The SMILES string of the molecule is Cc1ccc(N2C3=C(C(=O)CC(C)(C)C3)C(c3cccs3)C3=C2CCS3(=O)=O)cc1. The van der Waals surface area contributed by atoms with Gasteiger partial charge in [-0.05, 0) is 42.3 Å². The minimum Gasteiger partial charge on any atom is -0.316 e. The van der Waals surface area contributed by atoms with E-state index >= 15 is 0 Å². The maximum atomic E-state index is 13.5. The molecule has 3 heterocycles. The van der Waals surface area contributed by atoms with Crippen LogP contribution in [0.4, 0.5) is 5.69 Å². The maximum absolute atomic E-state index is 13.5. The summed E-state index contributed by atoms with van der Waals surface area (Å²) in [7, 11) is -3.42. The lowest BCUT2D eigenvalue weighted by Gasteiger charge is -2.44. The Hall–Kier alpha value is -2.18. The summed E-state index contributed by atoms with van der Waals surface area (Å²) >= 11 is 1.53. The first kappa shape index (κ1) is 19.8. The van der Waals surface area contributed by atoms with Crippen LogP contribution in [0.3, 0.4) is 0 Å². The number of sulfone groups is 1. The van der Waals surface area contributed by atoms with Gasteiger partial charge in [0.1, 0.15) is 0 Å². The largest absolute Gasteiger partial charge is 0.316 e. The lowest BCUT2D eigenvalue weighted by atomic mass is 9.71. The molecule has 0 fully saturated rings. The summed E-state index contributed by atoms with van der Waals surface area (Å²) in [4.78, 5) is 17.0. The summed E-state index contributed by atoms with van der Waals surface area (Å²) in [5.74, 6) is -0.279. The van der Waals surface area contributed by atoms with E-state index in [1.54, 1.807) is 0 Å². The van der Waals surface area contributed by atoms with E-state index in [4.69, 9.17) is 0 Å². The van der Waals surface area contributed by atoms with Gasteiger partial charge in [-0.3, -0.25) is 4.79 Å². The van der Waals surface area contributed by atoms with Crippen LogP contribution in [0.25, 0.3) is 0 Å². The van der Waals surface area contributed by atoms with Gasteiger partial charge in [-0.15, -0.1) is 11.3 Å². The molecule has 1 aromatic carbocycles. The molecule has 0 saturated heterocycles. The van der Waals surface area contributed by atoms with Crippen LogP contribution in [0.1, 0.15) is 49.5 Å². The van der Waals surface area contributed by atoms with Gasteiger partial charge in [0, 0.05) is 40.4 Å². The van der Waals surface area contributed by atoms with E-state index in [9.17, 15) is 13.2 Å². The fraction of sp³-hybridized carbons (Fsp3) is 0.375. The van der Waals surface area contributed by atoms with Gasteiger partial charge in [0.2, 0.25) is 0 Å². The number of nitrogens with zero attached hydrogens (tertiary/aromatic N) is 1. The normalized spacial score (nSPS) is 24.8. The average molecular weight is 440 g/mol. The zero-order valence-corrected chi connectivity index (χ0v) is 19.1. The molecule has 1 aliphatic carbocycles. The van der Waals surface area contributed by atoms with Crippen molar-refractivity contribution in [3.05, 3.63) is 74.1 Å². The Morgan fingerprint density at radius 1 is 1.07 bits per heavy atom. The van der Waals surface area contributed by atoms with Gasteiger partial charge in [-0.25, -0.2) is 8.42 Å². The van der Waals surface area contributed by atoms with Crippen molar-refractivity contribution in [2.45, 2.75) is 46.0 Å². The fourth-order valence-electron chi connectivity index (χ4n) is 5.07. The number of benzene rings is 1. The summed E-state index contributed by atoms with van der Waals surface area (Å²) < 4.78 is 26.5. The molecule has 4 nitrogen and oxygen atoms in total. The summed E-state index contributed by atoms with van der Waals surface area (Å²) in [5, 5.41) is 1.96. The molecular formula is C24H25NO3S2. The summed E-state index contributed by atoms with van der Waals surface area (Å²) in [6.45, 7) is 6.28. The third-order valence-electron chi connectivity index (χ3n) is 6.33. The molecule has 0 bridgehead atoms. The van der Waals surface area contributed by atoms with Crippen molar-refractivity contribution in [1.29, 1.82) is 0 Å². The van der Waals surface area contributed by atoms with Crippen molar-refractivity contribution >= 4 is 32.6 Å². The highest BCUT2D eigenvalue weighted by atomic mass is 32.2. The van der Waals surface area contributed by atoms with Crippen molar-refractivity contribution < 1.29 is 13.2 Å². The van der Waals surface area contributed by atoms with E-state index in [1.807, 2.05) is 48.7 Å². The predicted molar refractivity (Wildman–Crippen MR) is 121 cm³/mol. The molecule has 2 aliphatic heterocycles. The number of hydrogen-bond donors (Lipinski definition) is 0. The molecule has 3 aliphatic rings. The third kappa shape index (κ3) is 3.00. The van der Waals surface area contributed by atoms with Crippen LogP contribution in [0.15, 0.2) is 63.7 Å². The van der Waals surface area contributed by atoms with Crippen LogP contribution < -0.4 is 4.90 Å². The number of thiophene rings is 1. The molecular weight excluding hydrogens is 414 g/mol. The molecule has 0 radical (unpaired) electrons. The number of allylic oxidation sites excluding steroid dienone is 4. The fourth-order valence-corrected chi connectivity index (χ4v) is 7.82. The zero-order chi connectivity index (χ0) is 21.3. The second kappa shape index (κ2) is 6.66. The van der Waals surface area contributed by atoms with Crippen LogP contribution >= 0.6 is 11.3 Å². The number of aryl methyl sites for hydroxylation is 1. The van der Waals surface area contributed by atoms with Crippen molar-refractivity contribution in [2.75, 3.05) is 10.7 Å². The first-order chi connectivity index (χ1) is 14.2. The van der Waals surface area contributed by atoms with Gasteiger partial charge >= 0.3 is 0 Å². The second-order valence-corrected chi connectivity index (χ2v) is 12.4. The number of hydrogen-bond acceptors (Lipinski definition) is 5. The molecule has 6 heteroatoms. The Morgan fingerprint density at radius 3 is 2.47 bits per heavy atom. The number of carbonyl (C=O) groups is 1. The number of ketones is 1. The van der Waals surface area contributed by atoms with E-state index in [-0.39, 0.29) is 17.0 Å². The topological polar surface area (TPSA) is 54.5 Å². The molecule has 0 amide bonds. The predicted octanol–water partition coefficient (Wildman–Crippen LogP) is 5.33. The van der Waals surface area contributed by atoms with E-state index in [0.29, 0.717) is 23.3 Å². The van der Waals surface area contributed by atoms with Crippen LogP contribution in [0.2, 0.25) is 0 Å². The average Bonchev–Trinajstić information content (AvgIpc) is 3.29. The molecule has 1 unspecified atom stereocenters. The van der Waals surface area contributed by atoms with Gasteiger partial charge in [-0.2, -0.15) is 0 Å². The van der Waals surface area contributed by atoms with Crippen LogP contribution in [0.5, 0.6) is 0 Å². The Morgan fingerprint density at radius 2 is 1.80 bits per heavy atom. The first-order valence-corrected chi connectivity index (χ1v) is 12.8. The standard InChI is InChI=1S/C24H25NO3S2/c1-15-6-8-16(9-7-15)25-17-10-12-30(27,28)23(17)22(20-5-4-11-29-20)21-18(25)13-24(2,3)14-19(21)26/h4-9,11,22H,10,12-14H2,1-3H3. The van der Waals surface area contributed by atoms with Crippen LogP contribution in [-0.2, 0) is 14.6 Å². The van der Waals surface area contributed by atoms with Gasteiger partial charge in [-0.1, -0.05) is 37.6 Å². The lowest BCUT2D eigenvalue weighted by Crippen LogP contribution is -2.39. The van der Waals surface area contributed by atoms with Crippen molar-refractivity contribution in [1.82, 2.24) is 0 Å². The summed E-state index contributed by atoms with van der Waals surface area (Å²) in [6, 6.07) is 12.1. The molecule has 0 saturated carbocycles. The van der Waals surface area contributed by atoms with Crippen LogP contribution in [-0.4, -0.2) is 20.0 Å². The second-order valence-electron chi connectivity index (χ2n) is 9.30. The molecule has 1 atom stereocenters. The number of rotatable bonds is 2. The molecule has 1 aromatic heterocycles. The molecule has 30 heavy (non-hydrogen) atoms. The lowest BCUT2D eigenvalue weighted by molar-refractivity contribution is -0.118. The van der Waals surface area contributed by atoms with Gasteiger partial charge in [0.15, 0.2) is 15.6 Å². The number of anilines is 1. The summed E-state index contributed by atoms with van der Waals surface area (Å²) in [6.07, 6.45) is 1.68. The number of Topliss-reactive ketones (excluding diaryl/α,β-unsaturated/α-hetero) is 1. The number of carbonyl (C=O) groups excluding carboxylic acids is 1. The van der Waals surface area contributed by atoms with Gasteiger partial charge in [0.05, 0.1) is 16.6 Å². The maximum Gasteiger partial charge on any atom is 0.177 e. The Bertz CT molecular complexity index is 1200. The van der Waals surface area contributed by atoms with Crippen LogP contribution in [0, 0.1) is 12.3 Å². The van der Waals surface area contributed by atoms with Gasteiger partial charge in [0.25, 0.3) is 0 Å². The first-order valence-electron chi connectivity index (χ1n) is 10.3. The molecule has 0 spiro atoms. The van der Waals surface area contributed by atoms with Gasteiger partial charge < -0.3 is 4.90 Å². The highest BCUT2D eigenvalue weighted by molar-refractivity contribution is 7.95. The summed E-state index contributed by atoms with van der Waals surface area (Å²) in [5.41, 5.74) is 4.44. The zero-order valence-electron chi connectivity index (χ0n) is 17.4. The molecule has 0 N–H and O–H groups in total. The molecule has 2 aromatic rings. The monoisotopic (exact) mass is 439 g/mol. The smallest absolute Gasteiger partial charge is 0.177 e. The van der Waals surface area contributed by atoms with Crippen molar-refractivity contribution in [2.24, 2.45) is 5.41 Å². The highest BCUT2D eigenvalue weighted by Gasteiger charge is 2.50. The Kier molecular flexibility index (Phi) is 4.39. The minimum absolute atomic E-state index is 0.0745. The van der Waals surface area contributed by atoms with E-state index < -0.39 is 15.8 Å².